The fraction of sp³-hybridized carbons (Fsp3) is 0.526. The fourth-order valence-corrected chi connectivity index (χ4v) is 2.71. The quantitative estimate of drug-likeness (QED) is 0.607. The number of nitrogens with zero attached hydrogens (tertiary/aromatic N) is 1. The molecule has 8 nitrogen and oxygen atoms in total. The molecule has 2 rings (SSSR count). The number of benzene rings is 1. The molecule has 0 spiro atoms. The van der Waals surface area contributed by atoms with Gasteiger partial charge >= 0.3 is 5.97 Å². The predicted octanol–water partition coefficient (Wildman–Crippen LogP) is 2.19. The Balaban J connectivity index is 2.16. The van der Waals surface area contributed by atoms with Crippen LogP contribution >= 0.6 is 0 Å². The number of carbonyl (C=O) groups excluding carboxylic acids is 3. The van der Waals surface area contributed by atoms with Gasteiger partial charge in [0, 0.05) is 13.0 Å². The van der Waals surface area contributed by atoms with E-state index in [2.05, 4.69) is 0 Å². The van der Waals surface area contributed by atoms with Crippen LogP contribution in [0.15, 0.2) is 12.1 Å². The van der Waals surface area contributed by atoms with Gasteiger partial charge in [0.05, 0.1) is 25.4 Å². The monoisotopic (exact) mass is 379 g/mol. The summed E-state index contributed by atoms with van der Waals surface area (Å²) in [5.74, 6) is -0.339. The molecule has 0 radical (unpaired) electrons. The SMILES string of the molecule is CCOc1cc(C(=O)OCC(=O)N2CCCC2=O)cc(OCC)c1OCC. The molecule has 0 atom stereocenters. The van der Waals surface area contributed by atoms with Crippen molar-refractivity contribution in [2.45, 2.75) is 33.6 Å². The van der Waals surface area contributed by atoms with E-state index in [-0.39, 0.29) is 11.5 Å². The zero-order valence-electron chi connectivity index (χ0n) is 15.9. The van der Waals surface area contributed by atoms with Gasteiger partial charge in [0.15, 0.2) is 18.1 Å². The van der Waals surface area contributed by atoms with E-state index in [9.17, 15) is 14.4 Å². The lowest BCUT2D eigenvalue weighted by Crippen LogP contribution is -2.35. The first-order chi connectivity index (χ1) is 13.0. The van der Waals surface area contributed by atoms with Crippen LogP contribution in [-0.2, 0) is 14.3 Å². The number of carbonyl (C=O) groups is 3. The number of amides is 2. The molecule has 0 saturated carbocycles. The van der Waals surface area contributed by atoms with Crippen molar-refractivity contribution < 1.29 is 33.3 Å². The Morgan fingerprint density at radius 2 is 1.59 bits per heavy atom. The third-order valence-electron chi connectivity index (χ3n) is 3.85. The zero-order chi connectivity index (χ0) is 19.8. The molecule has 8 heteroatoms. The fourth-order valence-electron chi connectivity index (χ4n) is 2.71. The van der Waals surface area contributed by atoms with Gasteiger partial charge in [-0.05, 0) is 39.3 Å². The summed E-state index contributed by atoms with van der Waals surface area (Å²) in [6, 6.07) is 2.98. The van der Waals surface area contributed by atoms with Crippen molar-refractivity contribution in [2.75, 3.05) is 33.0 Å². The molecule has 1 heterocycles. The van der Waals surface area contributed by atoms with E-state index >= 15 is 0 Å². The molecule has 0 N–H and O–H groups in total. The largest absolute Gasteiger partial charge is 0.490 e. The summed E-state index contributed by atoms with van der Waals surface area (Å²) < 4.78 is 21.8. The topological polar surface area (TPSA) is 91.4 Å². The molecule has 1 aliphatic heterocycles. The number of ether oxygens (including phenoxy) is 4. The molecule has 2 amide bonds. The number of likely N-dealkylation sites (tertiary alicyclic amines) is 1. The molecule has 0 bridgehead atoms. The van der Waals surface area contributed by atoms with Gasteiger partial charge in [-0.3, -0.25) is 14.5 Å². The van der Waals surface area contributed by atoms with Gasteiger partial charge in [-0.1, -0.05) is 0 Å². The summed E-state index contributed by atoms with van der Waals surface area (Å²) in [6.45, 7) is 6.48. The molecular weight excluding hydrogens is 354 g/mol. The van der Waals surface area contributed by atoms with Crippen LogP contribution in [0, 0.1) is 0 Å². The molecule has 0 unspecified atom stereocenters. The average molecular weight is 379 g/mol. The minimum atomic E-state index is -0.708. The Hall–Kier alpha value is -2.77. The van der Waals surface area contributed by atoms with E-state index in [1.165, 1.54) is 12.1 Å². The second-order valence-electron chi connectivity index (χ2n) is 5.72. The first kappa shape index (κ1) is 20.5. The second kappa shape index (κ2) is 9.80. The zero-order valence-corrected chi connectivity index (χ0v) is 15.9. The van der Waals surface area contributed by atoms with Gasteiger partial charge in [-0.15, -0.1) is 0 Å². The van der Waals surface area contributed by atoms with Crippen LogP contribution in [0.4, 0.5) is 0 Å². The average Bonchev–Trinajstić information content (AvgIpc) is 3.08. The highest BCUT2D eigenvalue weighted by molar-refractivity contribution is 5.99. The number of rotatable bonds is 9. The maximum atomic E-state index is 12.4. The van der Waals surface area contributed by atoms with Crippen molar-refractivity contribution in [3.8, 4) is 17.2 Å². The van der Waals surface area contributed by atoms with Crippen LogP contribution in [0.2, 0.25) is 0 Å². The third-order valence-corrected chi connectivity index (χ3v) is 3.85. The predicted molar refractivity (Wildman–Crippen MR) is 96.2 cm³/mol. The molecule has 1 saturated heterocycles. The minimum absolute atomic E-state index is 0.172. The molecule has 0 aromatic heterocycles. The molecule has 0 aliphatic carbocycles. The minimum Gasteiger partial charge on any atom is -0.490 e. The van der Waals surface area contributed by atoms with Gasteiger partial charge in [0.1, 0.15) is 0 Å². The van der Waals surface area contributed by atoms with Crippen LogP contribution in [0.3, 0.4) is 0 Å². The highest BCUT2D eigenvalue weighted by Gasteiger charge is 2.27. The van der Waals surface area contributed by atoms with E-state index in [4.69, 9.17) is 18.9 Å². The smallest absolute Gasteiger partial charge is 0.338 e. The third kappa shape index (κ3) is 5.12. The molecule has 1 aromatic carbocycles. The number of hydrogen-bond donors (Lipinski definition) is 0. The maximum absolute atomic E-state index is 12.4. The Morgan fingerprint density at radius 3 is 2.07 bits per heavy atom. The maximum Gasteiger partial charge on any atom is 0.338 e. The van der Waals surface area contributed by atoms with E-state index in [0.29, 0.717) is 56.5 Å². The molecule has 1 aromatic rings. The van der Waals surface area contributed by atoms with Crippen molar-refractivity contribution in [1.29, 1.82) is 0 Å². The summed E-state index contributed by atoms with van der Waals surface area (Å²) >= 11 is 0. The molecular formula is C19H25NO7. The summed E-state index contributed by atoms with van der Waals surface area (Å²) in [5.41, 5.74) is 0.172. The number of imide groups is 1. The first-order valence-corrected chi connectivity index (χ1v) is 9.08. The lowest BCUT2D eigenvalue weighted by molar-refractivity contribution is -0.143. The van der Waals surface area contributed by atoms with Crippen molar-refractivity contribution >= 4 is 17.8 Å². The van der Waals surface area contributed by atoms with E-state index in [1.807, 2.05) is 20.8 Å². The van der Waals surface area contributed by atoms with Gasteiger partial charge in [-0.25, -0.2) is 4.79 Å². The van der Waals surface area contributed by atoms with Crippen LogP contribution in [-0.4, -0.2) is 55.7 Å². The highest BCUT2D eigenvalue weighted by atomic mass is 16.5. The second-order valence-corrected chi connectivity index (χ2v) is 5.72. The summed E-state index contributed by atoms with van der Waals surface area (Å²) in [7, 11) is 0. The molecule has 1 aliphatic rings. The number of esters is 1. The lowest BCUT2D eigenvalue weighted by Gasteiger charge is -2.17. The van der Waals surface area contributed by atoms with Gasteiger partial charge in [0.2, 0.25) is 11.7 Å². The Labute approximate surface area is 158 Å². The lowest BCUT2D eigenvalue weighted by atomic mass is 10.2. The molecule has 27 heavy (non-hydrogen) atoms. The van der Waals surface area contributed by atoms with E-state index < -0.39 is 18.5 Å². The van der Waals surface area contributed by atoms with Gasteiger partial charge < -0.3 is 18.9 Å². The van der Waals surface area contributed by atoms with Gasteiger partial charge in [0.25, 0.3) is 5.91 Å². The van der Waals surface area contributed by atoms with Crippen LogP contribution in [0.5, 0.6) is 17.2 Å². The molecule has 148 valence electrons. The van der Waals surface area contributed by atoms with Crippen LogP contribution in [0.1, 0.15) is 44.0 Å². The first-order valence-electron chi connectivity index (χ1n) is 9.08. The van der Waals surface area contributed by atoms with Crippen LogP contribution < -0.4 is 14.2 Å². The summed E-state index contributed by atoms with van der Waals surface area (Å²) in [5, 5.41) is 0. The van der Waals surface area contributed by atoms with Gasteiger partial charge in [-0.2, -0.15) is 0 Å². The molecule has 1 fully saturated rings. The van der Waals surface area contributed by atoms with Crippen molar-refractivity contribution in [3.05, 3.63) is 17.7 Å². The normalized spacial score (nSPS) is 13.4. The van der Waals surface area contributed by atoms with Crippen LogP contribution in [0.25, 0.3) is 0 Å². The standard InChI is InChI=1S/C19H25NO7/c1-4-24-14-10-13(11-15(25-5-2)18(14)26-6-3)19(23)27-12-17(22)20-9-7-8-16(20)21/h10-11H,4-9,12H2,1-3H3. The van der Waals surface area contributed by atoms with Crippen molar-refractivity contribution in [2.24, 2.45) is 0 Å². The number of hydrogen-bond acceptors (Lipinski definition) is 7. The summed E-state index contributed by atoms with van der Waals surface area (Å²) in [4.78, 5) is 37.1. The highest BCUT2D eigenvalue weighted by Crippen LogP contribution is 2.39. The Kier molecular flexibility index (Phi) is 7.45. The summed E-state index contributed by atoms with van der Waals surface area (Å²) in [6.07, 6.45) is 0.973. The van der Waals surface area contributed by atoms with Crippen molar-refractivity contribution in [3.63, 3.8) is 0 Å². The van der Waals surface area contributed by atoms with E-state index in [1.54, 1.807) is 0 Å². The van der Waals surface area contributed by atoms with E-state index in [0.717, 1.165) is 4.90 Å². The Morgan fingerprint density at radius 1 is 1.00 bits per heavy atom. The Bertz CT molecular complexity index is 674. The van der Waals surface area contributed by atoms with Crippen molar-refractivity contribution in [1.82, 2.24) is 4.90 Å².